The lowest BCUT2D eigenvalue weighted by Crippen LogP contribution is -2.47. The Morgan fingerprint density at radius 3 is 2.06 bits per heavy atom. The number of aldehydes is 1. The normalized spacial score (nSPS) is 32.7. The van der Waals surface area contributed by atoms with E-state index in [9.17, 15) is 4.79 Å². The molecule has 0 N–H and O–H groups in total. The van der Waals surface area contributed by atoms with Crippen LogP contribution in [0.4, 0.5) is 0 Å². The highest BCUT2D eigenvalue weighted by Crippen LogP contribution is 2.28. The Kier molecular flexibility index (Phi) is 4.54. The molecule has 0 aliphatic carbocycles. The SMILES string of the molecule is C[C@H]1CC(C=O)C[C@H](C)N1CCC(C)(C)C. The minimum atomic E-state index is 0.288. The molecule has 1 heterocycles. The van der Waals surface area contributed by atoms with Gasteiger partial charge in [-0.05, 0) is 45.1 Å². The summed E-state index contributed by atoms with van der Waals surface area (Å²) < 4.78 is 0. The molecule has 1 aliphatic heterocycles. The quantitative estimate of drug-likeness (QED) is 0.688. The molecular weight excluding hydrogens is 198 g/mol. The summed E-state index contributed by atoms with van der Waals surface area (Å²) in [6, 6.07) is 1.11. The van der Waals surface area contributed by atoms with Gasteiger partial charge in [0, 0.05) is 18.0 Å². The maximum Gasteiger partial charge on any atom is 0.123 e. The molecule has 1 saturated heterocycles. The molecule has 0 amide bonds. The van der Waals surface area contributed by atoms with Crippen LogP contribution < -0.4 is 0 Å². The molecule has 94 valence electrons. The Bertz CT molecular complexity index is 219. The van der Waals surface area contributed by atoms with Crippen LogP contribution in [0, 0.1) is 11.3 Å². The molecule has 0 aromatic carbocycles. The third-order valence-corrected chi connectivity index (χ3v) is 3.73. The molecule has 0 saturated carbocycles. The smallest absolute Gasteiger partial charge is 0.123 e. The van der Waals surface area contributed by atoms with Crippen LogP contribution in [0.3, 0.4) is 0 Å². The van der Waals surface area contributed by atoms with Crippen LogP contribution in [-0.4, -0.2) is 29.8 Å². The molecule has 0 unspecified atom stereocenters. The molecule has 2 atom stereocenters. The molecule has 0 radical (unpaired) electrons. The average Bonchev–Trinajstić information content (AvgIpc) is 2.14. The Labute approximate surface area is 100 Å². The zero-order chi connectivity index (χ0) is 12.3. The number of rotatable bonds is 3. The van der Waals surface area contributed by atoms with Gasteiger partial charge >= 0.3 is 0 Å². The van der Waals surface area contributed by atoms with Gasteiger partial charge < -0.3 is 4.79 Å². The topological polar surface area (TPSA) is 20.3 Å². The first kappa shape index (κ1) is 13.7. The van der Waals surface area contributed by atoms with Gasteiger partial charge in [0.25, 0.3) is 0 Å². The van der Waals surface area contributed by atoms with Gasteiger partial charge in [0.1, 0.15) is 6.29 Å². The fraction of sp³-hybridized carbons (Fsp3) is 0.929. The van der Waals surface area contributed by atoms with E-state index < -0.39 is 0 Å². The van der Waals surface area contributed by atoms with Gasteiger partial charge in [-0.25, -0.2) is 0 Å². The van der Waals surface area contributed by atoms with Crippen LogP contribution in [0.1, 0.15) is 53.9 Å². The average molecular weight is 225 g/mol. The van der Waals surface area contributed by atoms with Gasteiger partial charge in [-0.15, -0.1) is 0 Å². The Hall–Kier alpha value is -0.370. The molecular formula is C14H27NO. The molecule has 0 bridgehead atoms. The monoisotopic (exact) mass is 225 g/mol. The van der Waals surface area contributed by atoms with E-state index in [-0.39, 0.29) is 5.92 Å². The highest BCUT2D eigenvalue weighted by Gasteiger charge is 2.30. The Morgan fingerprint density at radius 1 is 1.19 bits per heavy atom. The van der Waals surface area contributed by atoms with Crippen LogP contribution in [0.25, 0.3) is 0 Å². The number of nitrogens with zero attached hydrogens (tertiary/aromatic N) is 1. The summed E-state index contributed by atoms with van der Waals surface area (Å²) in [6.07, 6.45) is 4.46. The Balaban J connectivity index is 2.50. The van der Waals surface area contributed by atoms with Crippen molar-refractivity contribution in [2.24, 2.45) is 11.3 Å². The van der Waals surface area contributed by atoms with Crippen molar-refractivity contribution >= 4 is 6.29 Å². The molecule has 0 aromatic rings. The van der Waals surface area contributed by atoms with Crippen LogP contribution >= 0.6 is 0 Å². The van der Waals surface area contributed by atoms with Gasteiger partial charge in [0.05, 0.1) is 0 Å². The van der Waals surface area contributed by atoms with Crippen molar-refractivity contribution in [1.82, 2.24) is 4.90 Å². The number of piperidine rings is 1. The second-order valence-electron chi connectivity index (χ2n) is 6.61. The molecule has 1 rings (SSSR count). The van der Waals surface area contributed by atoms with Gasteiger partial charge in [0.2, 0.25) is 0 Å². The van der Waals surface area contributed by atoms with E-state index in [0.29, 0.717) is 17.5 Å². The van der Waals surface area contributed by atoms with E-state index in [0.717, 1.165) is 25.7 Å². The van der Waals surface area contributed by atoms with E-state index in [4.69, 9.17) is 0 Å². The molecule has 0 spiro atoms. The van der Waals surface area contributed by atoms with Gasteiger partial charge in [-0.2, -0.15) is 0 Å². The third-order valence-electron chi connectivity index (χ3n) is 3.73. The first-order valence-corrected chi connectivity index (χ1v) is 6.54. The zero-order valence-corrected chi connectivity index (χ0v) is 11.5. The molecule has 1 aliphatic rings. The summed E-state index contributed by atoms with van der Waals surface area (Å²) in [6.45, 7) is 12.6. The highest BCUT2D eigenvalue weighted by atomic mass is 16.1. The molecule has 0 aromatic heterocycles. The van der Waals surface area contributed by atoms with Crippen molar-refractivity contribution in [3.63, 3.8) is 0 Å². The summed E-state index contributed by atoms with van der Waals surface area (Å²) in [5.41, 5.74) is 0.404. The van der Waals surface area contributed by atoms with E-state index in [1.807, 2.05) is 0 Å². The van der Waals surface area contributed by atoms with Crippen molar-refractivity contribution in [2.75, 3.05) is 6.54 Å². The third kappa shape index (κ3) is 3.89. The second-order valence-corrected chi connectivity index (χ2v) is 6.61. The number of carbonyl (C=O) groups is 1. The fourth-order valence-electron chi connectivity index (χ4n) is 2.69. The summed E-state index contributed by atoms with van der Waals surface area (Å²) in [5, 5.41) is 0. The summed E-state index contributed by atoms with van der Waals surface area (Å²) >= 11 is 0. The molecule has 2 heteroatoms. The fourth-order valence-corrected chi connectivity index (χ4v) is 2.69. The predicted octanol–water partition coefficient (Wildman–Crippen LogP) is 3.11. The predicted molar refractivity (Wildman–Crippen MR) is 68.5 cm³/mol. The van der Waals surface area contributed by atoms with E-state index >= 15 is 0 Å². The maximum atomic E-state index is 10.9. The van der Waals surface area contributed by atoms with Crippen molar-refractivity contribution in [1.29, 1.82) is 0 Å². The van der Waals surface area contributed by atoms with Crippen LogP contribution in [0.2, 0.25) is 0 Å². The zero-order valence-electron chi connectivity index (χ0n) is 11.5. The van der Waals surface area contributed by atoms with Gasteiger partial charge in [-0.1, -0.05) is 20.8 Å². The highest BCUT2D eigenvalue weighted by molar-refractivity contribution is 5.53. The van der Waals surface area contributed by atoms with Crippen LogP contribution in [0.5, 0.6) is 0 Å². The summed E-state index contributed by atoms with van der Waals surface area (Å²) in [7, 11) is 0. The number of likely N-dealkylation sites (tertiary alicyclic amines) is 1. The van der Waals surface area contributed by atoms with Gasteiger partial charge in [-0.3, -0.25) is 4.90 Å². The van der Waals surface area contributed by atoms with E-state index in [1.165, 1.54) is 6.42 Å². The van der Waals surface area contributed by atoms with Crippen molar-refractivity contribution in [3.8, 4) is 0 Å². The number of carbonyl (C=O) groups excluding carboxylic acids is 1. The van der Waals surface area contributed by atoms with Crippen LogP contribution in [-0.2, 0) is 4.79 Å². The molecule has 1 fully saturated rings. The maximum absolute atomic E-state index is 10.9. The van der Waals surface area contributed by atoms with Crippen molar-refractivity contribution in [3.05, 3.63) is 0 Å². The van der Waals surface area contributed by atoms with E-state index in [1.54, 1.807) is 0 Å². The first-order valence-electron chi connectivity index (χ1n) is 6.54. The summed E-state index contributed by atoms with van der Waals surface area (Å²) in [5.74, 6) is 0.288. The minimum absolute atomic E-state index is 0.288. The lowest BCUT2D eigenvalue weighted by atomic mass is 9.86. The van der Waals surface area contributed by atoms with Crippen molar-refractivity contribution < 1.29 is 4.79 Å². The number of hydrogen-bond acceptors (Lipinski definition) is 2. The largest absolute Gasteiger partial charge is 0.303 e. The second kappa shape index (κ2) is 5.31. The van der Waals surface area contributed by atoms with Gasteiger partial charge in [0.15, 0.2) is 0 Å². The Morgan fingerprint density at radius 2 is 1.69 bits per heavy atom. The van der Waals surface area contributed by atoms with Crippen LogP contribution in [0.15, 0.2) is 0 Å². The number of hydrogen-bond donors (Lipinski definition) is 0. The molecule has 2 nitrogen and oxygen atoms in total. The molecule has 16 heavy (non-hydrogen) atoms. The lowest BCUT2D eigenvalue weighted by molar-refractivity contribution is -0.113. The van der Waals surface area contributed by atoms with Crippen molar-refractivity contribution in [2.45, 2.75) is 66.0 Å². The van der Waals surface area contributed by atoms with E-state index in [2.05, 4.69) is 39.5 Å². The summed E-state index contributed by atoms with van der Waals surface area (Å²) in [4.78, 5) is 13.4. The lowest BCUT2D eigenvalue weighted by Gasteiger charge is -2.42. The first-order chi connectivity index (χ1) is 7.33. The standard InChI is InChI=1S/C14H27NO/c1-11-8-13(10-16)9-12(2)15(11)7-6-14(3,4)5/h10-13H,6-9H2,1-5H3/t11-,12-/m0/s1. The minimum Gasteiger partial charge on any atom is -0.303 e.